The third kappa shape index (κ3) is 6.87. The third-order valence-corrected chi connectivity index (χ3v) is 4.92. The molecule has 0 aliphatic heterocycles. The molecule has 0 fully saturated rings. The number of para-hydroxylation sites is 1. The van der Waals surface area contributed by atoms with E-state index in [4.69, 9.17) is 0 Å². The molecule has 0 spiro atoms. The van der Waals surface area contributed by atoms with Crippen molar-refractivity contribution in [2.45, 2.75) is 25.8 Å². The van der Waals surface area contributed by atoms with Gasteiger partial charge in [0.25, 0.3) is 0 Å². The average Bonchev–Trinajstić information content (AvgIpc) is 2.84. The van der Waals surface area contributed by atoms with E-state index in [1.54, 1.807) is 49.4 Å². The normalized spacial score (nSPS) is 11.2. The minimum Gasteiger partial charge on any atom is -0.336 e. The Morgan fingerprint density at radius 3 is 2.03 bits per heavy atom. The van der Waals surface area contributed by atoms with Gasteiger partial charge in [-0.3, -0.25) is 19.2 Å². The van der Waals surface area contributed by atoms with Gasteiger partial charge in [-0.1, -0.05) is 67.6 Å². The van der Waals surface area contributed by atoms with E-state index in [0.717, 1.165) is 5.56 Å². The van der Waals surface area contributed by atoms with Crippen LogP contribution in [0.4, 0.5) is 11.4 Å². The number of hydrogen-bond acceptors (Lipinski definition) is 4. The predicted octanol–water partition coefficient (Wildman–Crippen LogP) is 3.58. The topological polar surface area (TPSA) is 104 Å². The molecule has 0 bridgehead atoms. The highest BCUT2D eigenvalue weighted by Crippen LogP contribution is 2.13. The molecule has 3 rings (SSSR count). The van der Waals surface area contributed by atoms with Crippen molar-refractivity contribution in [3.63, 3.8) is 0 Å². The number of amides is 3. The highest BCUT2D eigenvalue weighted by molar-refractivity contribution is 6.40. The lowest BCUT2D eigenvalue weighted by Gasteiger charge is -2.18. The van der Waals surface area contributed by atoms with E-state index in [-0.39, 0.29) is 12.2 Å². The second kappa shape index (κ2) is 11.4. The highest BCUT2D eigenvalue weighted by Gasteiger charge is 2.25. The van der Waals surface area contributed by atoms with Gasteiger partial charge >= 0.3 is 11.8 Å². The van der Waals surface area contributed by atoms with Crippen molar-refractivity contribution in [1.29, 1.82) is 0 Å². The molecule has 3 amide bonds. The fourth-order valence-corrected chi connectivity index (χ4v) is 3.20. The van der Waals surface area contributed by atoms with Gasteiger partial charge in [0.15, 0.2) is 5.78 Å². The van der Waals surface area contributed by atoms with Gasteiger partial charge in [-0.15, -0.1) is 0 Å². The van der Waals surface area contributed by atoms with E-state index in [1.165, 1.54) is 6.07 Å². The molecule has 0 saturated heterocycles. The van der Waals surface area contributed by atoms with E-state index >= 15 is 0 Å². The minimum atomic E-state index is -0.973. The van der Waals surface area contributed by atoms with Crippen LogP contribution in [0.1, 0.15) is 29.3 Å². The summed E-state index contributed by atoms with van der Waals surface area (Å²) in [5, 5.41) is 7.77. The molecule has 7 heteroatoms. The number of benzene rings is 3. The van der Waals surface area contributed by atoms with Crippen molar-refractivity contribution >= 4 is 34.9 Å². The largest absolute Gasteiger partial charge is 0.336 e. The molecular formula is C26H25N3O4. The van der Waals surface area contributed by atoms with E-state index < -0.39 is 23.8 Å². The lowest BCUT2D eigenvalue weighted by atomic mass is 10.0. The second-order valence-electron chi connectivity index (χ2n) is 7.38. The van der Waals surface area contributed by atoms with Crippen LogP contribution in [0.5, 0.6) is 0 Å². The Labute approximate surface area is 192 Å². The Kier molecular flexibility index (Phi) is 8.07. The van der Waals surface area contributed by atoms with Gasteiger partial charge in [0.2, 0.25) is 5.91 Å². The van der Waals surface area contributed by atoms with Gasteiger partial charge in [-0.2, -0.15) is 0 Å². The molecule has 3 N–H and O–H groups in total. The average molecular weight is 444 g/mol. The van der Waals surface area contributed by atoms with E-state index in [0.29, 0.717) is 23.4 Å². The number of anilines is 2. The Hall–Kier alpha value is -4.26. The molecule has 7 nitrogen and oxygen atoms in total. The summed E-state index contributed by atoms with van der Waals surface area (Å²) in [6.45, 7) is 1.74. The van der Waals surface area contributed by atoms with Crippen molar-refractivity contribution in [2.24, 2.45) is 0 Å². The quantitative estimate of drug-likeness (QED) is 0.366. The zero-order valence-electron chi connectivity index (χ0n) is 18.2. The van der Waals surface area contributed by atoms with Crippen molar-refractivity contribution in [3.8, 4) is 0 Å². The van der Waals surface area contributed by atoms with Gasteiger partial charge in [-0.05, 0) is 29.8 Å². The van der Waals surface area contributed by atoms with Crippen LogP contribution in [0.15, 0.2) is 84.9 Å². The summed E-state index contributed by atoms with van der Waals surface area (Å²) in [6, 6.07) is 23.5. The molecule has 0 aromatic heterocycles. The third-order valence-electron chi connectivity index (χ3n) is 4.92. The van der Waals surface area contributed by atoms with Gasteiger partial charge in [0.1, 0.15) is 6.04 Å². The number of carbonyl (C=O) groups is 4. The van der Waals surface area contributed by atoms with Crippen molar-refractivity contribution in [1.82, 2.24) is 5.32 Å². The molecule has 0 aliphatic carbocycles. The first-order valence-corrected chi connectivity index (χ1v) is 10.6. The molecule has 3 aromatic rings. The van der Waals surface area contributed by atoms with E-state index in [1.807, 2.05) is 36.4 Å². The van der Waals surface area contributed by atoms with Crippen LogP contribution < -0.4 is 16.0 Å². The van der Waals surface area contributed by atoms with E-state index in [9.17, 15) is 19.2 Å². The van der Waals surface area contributed by atoms with Crippen LogP contribution in [0.25, 0.3) is 0 Å². The monoisotopic (exact) mass is 443 g/mol. The van der Waals surface area contributed by atoms with Gasteiger partial charge in [0.05, 0.1) is 0 Å². The smallest absolute Gasteiger partial charge is 0.313 e. The number of ketones is 1. The van der Waals surface area contributed by atoms with E-state index in [2.05, 4.69) is 16.0 Å². The van der Waals surface area contributed by atoms with Crippen molar-refractivity contribution < 1.29 is 19.2 Å². The fourth-order valence-electron chi connectivity index (χ4n) is 3.20. The molecule has 3 aromatic carbocycles. The summed E-state index contributed by atoms with van der Waals surface area (Å²) < 4.78 is 0. The molecule has 1 unspecified atom stereocenters. The molecule has 33 heavy (non-hydrogen) atoms. The Morgan fingerprint density at radius 1 is 0.727 bits per heavy atom. The van der Waals surface area contributed by atoms with Crippen molar-refractivity contribution in [3.05, 3.63) is 96.1 Å². The molecule has 0 aliphatic rings. The summed E-state index contributed by atoms with van der Waals surface area (Å²) in [4.78, 5) is 49.9. The number of Topliss-reactive ketones (excluding diaryl/α,β-unsaturated/α-hetero) is 1. The Bertz CT molecular complexity index is 1130. The van der Waals surface area contributed by atoms with Crippen LogP contribution in [0.3, 0.4) is 0 Å². The Morgan fingerprint density at radius 2 is 1.36 bits per heavy atom. The predicted molar refractivity (Wildman–Crippen MR) is 127 cm³/mol. The van der Waals surface area contributed by atoms with Crippen LogP contribution in [-0.2, 0) is 20.8 Å². The first-order chi connectivity index (χ1) is 16.0. The SMILES string of the molecule is CCC(=O)c1cccc(NC(=O)C(=O)NC(Cc2ccccc2)C(=O)Nc2ccccc2)c1. The first-order valence-electron chi connectivity index (χ1n) is 10.6. The summed E-state index contributed by atoms with van der Waals surface area (Å²) >= 11 is 0. The molecule has 1 atom stereocenters. The van der Waals surface area contributed by atoms with Crippen LogP contribution in [0.2, 0.25) is 0 Å². The summed E-state index contributed by atoms with van der Waals surface area (Å²) in [7, 11) is 0. The Balaban J connectivity index is 1.71. The molecule has 0 saturated carbocycles. The zero-order chi connectivity index (χ0) is 23.6. The van der Waals surface area contributed by atoms with Gasteiger partial charge in [-0.25, -0.2) is 0 Å². The summed E-state index contributed by atoms with van der Waals surface area (Å²) in [5.74, 6) is -2.40. The standard InChI is InChI=1S/C26H25N3O4/c1-2-23(30)19-12-9-15-21(17-19)28-25(32)26(33)29-22(16-18-10-5-3-6-11-18)24(31)27-20-13-7-4-8-14-20/h3-15,17,22H,2,16H2,1H3,(H,27,31)(H,28,32)(H,29,33). The fraction of sp³-hybridized carbons (Fsp3) is 0.154. The number of carbonyl (C=O) groups excluding carboxylic acids is 4. The summed E-state index contributed by atoms with van der Waals surface area (Å²) in [5.41, 5.74) is 2.18. The van der Waals surface area contributed by atoms with Gasteiger partial charge in [0, 0.05) is 29.8 Å². The molecule has 0 radical (unpaired) electrons. The molecule has 0 heterocycles. The second-order valence-corrected chi connectivity index (χ2v) is 7.38. The first kappa shape index (κ1) is 23.4. The zero-order valence-corrected chi connectivity index (χ0v) is 18.2. The number of hydrogen-bond donors (Lipinski definition) is 3. The maximum absolute atomic E-state index is 12.9. The highest BCUT2D eigenvalue weighted by atomic mass is 16.2. The van der Waals surface area contributed by atoms with Crippen LogP contribution in [0, 0.1) is 0 Å². The number of nitrogens with one attached hydrogen (secondary N) is 3. The number of rotatable bonds is 8. The minimum absolute atomic E-state index is 0.0731. The molecule has 168 valence electrons. The lowest BCUT2D eigenvalue weighted by molar-refractivity contribution is -0.137. The van der Waals surface area contributed by atoms with Crippen molar-refractivity contribution in [2.75, 3.05) is 10.6 Å². The summed E-state index contributed by atoms with van der Waals surface area (Å²) in [6.07, 6.45) is 0.536. The lowest BCUT2D eigenvalue weighted by Crippen LogP contribution is -2.48. The molecular weight excluding hydrogens is 418 g/mol. The van der Waals surface area contributed by atoms with Gasteiger partial charge < -0.3 is 16.0 Å². The van der Waals surface area contributed by atoms with Crippen LogP contribution >= 0.6 is 0 Å². The maximum atomic E-state index is 12.9. The maximum Gasteiger partial charge on any atom is 0.313 e. The van der Waals surface area contributed by atoms with Crippen LogP contribution in [-0.4, -0.2) is 29.5 Å².